The van der Waals surface area contributed by atoms with Gasteiger partial charge in [0, 0.05) is 0 Å². The third-order valence-electron chi connectivity index (χ3n) is 1.83. The van der Waals surface area contributed by atoms with E-state index < -0.39 is 0 Å². The van der Waals surface area contributed by atoms with Gasteiger partial charge in [0.1, 0.15) is 6.10 Å². The average Bonchev–Trinajstić information content (AvgIpc) is 2.20. The van der Waals surface area contributed by atoms with Gasteiger partial charge in [0.2, 0.25) is 0 Å². The van der Waals surface area contributed by atoms with Crippen molar-refractivity contribution in [2.45, 2.75) is 65.9 Å². The molecule has 0 fully saturated rings. The Balaban J connectivity index is 0. The van der Waals surface area contributed by atoms with E-state index in [1.165, 1.54) is 19.3 Å². The smallest absolute Gasteiger partial charge is 0.293 e. The monoisotopic (exact) mass is 188 g/mol. The third-order valence-corrected chi connectivity index (χ3v) is 1.83. The molecule has 2 nitrogen and oxygen atoms in total. The van der Waals surface area contributed by atoms with Crippen LogP contribution in [0.25, 0.3) is 0 Å². The number of rotatable bonds is 7. The van der Waals surface area contributed by atoms with Crippen molar-refractivity contribution in [1.29, 1.82) is 0 Å². The van der Waals surface area contributed by atoms with E-state index in [9.17, 15) is 4.79 Å². The van der Waals surface area contributed by atoms with Crippen LogP contribution in [-0.4, -0.2) is 12.6 Å². The normalized spacial score (nSPS) is 11.1. The highest BCUT2D eigenvalue weighted by Gasteiger charge is 2.04. The van der Waals surface area contributed by atoms with Gasteiger partial charge in [-0.3, -0.25) is 4.79 Å². The van der Waals surface area contributed by atoms with Crippen LogP contribution in [0.5, 0.6) is 0 Å². The fourth-order valence-corrected chi connectivity index (χ4v) is 1.07. The van der Waals surface area contributed by atoms with Crippen LogP contribution < -0.4 is 0 Å². The van der Waals surface area contributed by atoms with Crippen molar-refractivity contribution >= 4 is 6.47 Å². The van der Waals surface area contributed by atoms with Gasteiger partial charge in [0.25, 0.3) is 6.47 Å². The predicted molar refractivity (Wildman–Crippen MR) is 56.7 cm³/mol. The Morgan fingerprint density at radius 1 is 1.23 bits per heavy atom. The van der Waals surface area contributed by atoms with E-state index in [4.69, 9.17) is 4.74 Å². The van der Waals surface area contributed by atoms with E-state index in [0.717, 1.165) is 12.8 Å². The SMILES string of the molecule is CC.CCCCCC(CC)OC=O. The second kappa shape index (κ2) is 14.0. The van der Waals surface area contributed by atoms with Crippen LogP contribution in [0.2, 0.25) is 0 Å². The van der Waals surface area contributed by atoms with Crippen LogP contribution in [0.4, 0.5) is 0 Å². The molecule has 0 spiro atoms. The largest absolute Gasteiger partial charge is 0.465 e. The molecule has 0 aromatic carbocycles. The number of ether oxygens (including phenoxy) is 1. The average molecular weight is 188 g/mol. The van der Waals surface area contributed by atoms with Crippen molar-refractivity contribution < 1.29 is 9.53 Å². The Morgan fingerprint density at radius 3 is 2.23 bits per heavy atom. The highest BCUT2D eigenvalue weighted by atomic mass is 16.5. The summed E-state index contributed by atoms with van der Waals surface area (Å²) in [5.41, 5.74) is 0. The summed E-state index contributed by atoms with van der Waals surface area (Å²) in [6.07, 6.45) is 5.73. The number of carbonyl (C=O) groups is 1. The summed E-state index contributed by atoms with van der Waals surface area (Å²) in [7, 11) is 0. The first-order valence-electron chi connectivity index (χ1n) is 5.44. The number of hydrogen-bond acceptors (Lipinski definition) is 2. The fraction of sp³-hybridized carbons (Fsp3) is 0.909. The zero-order valence-electron chi connectivity index (χ0n) is 9.51. The molecular formula is C11H24O2. The maximum atomic E-state index is 9.98. The standard InChI is InChI=1S/C9H18O2.C2H6/c1-3-5-6-7-9(4-2)11-8-10;1-2/h8-9H,3-7H2,1-2H3;1-2H3. The maximum Gasteiger partial charge on any atom is 0.293 e. The van der Waals surface area contributed by atoms with Crippen LogP contribution in [0.3, 0.4) is 0 Å². The van der Waals surface area contributed by atoms with Gasteiger partial charge in [-0.05, 0) is 19.3 Å². The lowest BCUT2D eigenvalue weighted by Gasteiger charge is -2.11. The van der Waals surface area contributed by atoms with Crippen molar-refractivity contribution in [2.24, 2.45) is 0 Å². The Bertz CT molecular complexity index is 92.1. The summed E-state index contributed by atoms with van der Waals surface area (Å²) in [5, 5.41) is 0. The van der Waals surface area contributed by atoms with Crippen LogP contribution in [0.1, 0.15) is 59.8 Å². The van der Waals surface area contributed by atoms with Crippen molar-refractivity contribution in [3.8, 4) is 0 Å². The highest BCUT2D eigenvalue weighted by molar-refractivity contribution is 5.37. The van der Waals surface area contributed by atoms with Gasteiger partial charge in [-0.2, -0.15) is 0 Å². The zero-order chi connectivity index (χ0) is 10.5. The molecule has 0 bridgehead atoms. The number of carbonyl (C=O) groups excluding carboxylic acids is 1. The molecule has 0 heterocycles. The molecule has 0 aliphatic carbocycles. The Labute approximate surface area is 82.7 Å². The summed E-state index contributed by atoms with van der Waals surface area (Å²) in [6, 6.07) is 0. The summed E-state index contributed by atoms with van der Waals surface area (Å²) in [5.74, 6) is 0. The van der Waals surface area contributed by atoms with Crippen LogP contribution >= 0.6 is 0 Å². The van der Waals surface area contributed by atoms with Gasteiger partial charge in [0.05, 0.1) is 0 Å². The topological polar surface area (TPSA) is 26.3 Å². The molecule has 0 rings (SSSR count). The van der Waals surface area contributed by atoms with Gasteiger partial charge in [-0.15, -0.1) is 0 Å². The summed E-state index contributed by atoms with van der Waals surface area (Å²) >= 11 is 0. The molecule has 0 N–H and O–H groups in total. The van der Waals surface area contributed by atoms with Gasteiger partial charge < -0.3 is 4.74 Å². The molecule has 0 saturated carbocycles. The minimum Gasteiger partial charge on any atom is -0.465 e. The van der Waals surface area contributed by atoms with Crippen molar-refractivity contribution in [1.82, 2.24) is 0 Å². The summed E-state index contributed by atoms with van der Waals surface area (Å²) < 4.78 is 4.86. The number of hydrogen-bond donors (Lipinski definition) is 0. The third kappa shape index (κ3) is 11.5. The zero-order valence-corrected chi connectivity index (χ0v) is 9.51. The first kappa shape index (κ1) is 15.0. The van der Waals surface area contributed by atoms with E-state index in [-0.39, 0.29) is 6.10 Å². The van der Waals surface area contributed by atoms with Gasteiger partial charge in [-0.25, -0.2) is 0 Å². The summed E-state index contributed by atoms with van der Waals surface area (Å²) in [6.45, 7) is 8.77. The van der Waals surface area contributed by atoms with Crippen LogP contribution in [0, 0.1) is 0 Å². The minimum absolute atomic E-state index is 0.152. The van der Waals surface area contributed by atoms with Gasteiger partial charge in [-0.1, -0.05) is 40.5 Å². The van der Waals surface area contributed by atoms with Crippen LogP contribution in [0.15, 0.2) is 0 Å². The van der Waals surface area contributed by atoms with E-state index in [0.29, 0.717) is 6.47 Å². The van der Waals surface area contributed by atoms with Crippen molar-refractivity contribution in [2.75, 3.05) is 0 Å². The maximum absolute atomic E-state index is 9.98. The van der Waals surface area contributed by atoms with E-state index in [1.54, 1.807) is 0 Å². The van der Waals surface area contributed by atoms with E-state index in [1.807, 2.05) is 20.8 Å². The lowest BCUT2D eigenvalue weighted by Crippen LogP contribution is -2.10. The number of unbranched alkanes of at least 4 members (excludes halogenated alkanes) is 2. The highest BCUT2D eigenvalue weighted by Crippen LogP contribution is 2.08. The molecule has 1 atom stereocenters. The lowest BCUT2D eigenvalue weighted by atomic mass is 10.1. The second-order valence-corrected chi connectivity index (χ2v) is 2.76. The molecule has 0 aliphatic heterocycles. The quantitative estimate of drug-likeness (QED) is 0.451. The molecular weight excluding hydrogens is 164 g/mol. The van der Waals surface area contributed by atoms with Gasteiger partial charge in [0.15, 0.2) is 0 Å². The first-order valence-corrected chi connectivity index (χ1v) is 5.44. The molecule has 0 radical (unpaired) electrons. The molecule has 0 saturated heterocycles. The van der Waals surface area contributed by atoms with E-state index >= 15 is 0 Å². The second-order valence-electron chi connectivity index (χ2n) is 2.76. The summed E-state index contributed by atoms with van der Waals surface area (Å²) in [4.78, 5) is 9.98. The van der Waals surface area contributed by atoms with Crippen molar-refractivity contribution in [3.63, 3.8) is 0 Å². The molecule has 0 aromatic rings. The lowest BCUT2D eigenvalue weighted by molar-refractivity contribution is -0.134. The van der Waals surface area contributed by atoms with Crippen LogP contribution in [-0.2, 0) is 9.53 Å². The Morgan fingerprint density at radius 2 is 1.85 bits per heavy atom. The first-order chi connectivity index (χ1) is 6.35. The minimum atomic E-state index is 0.152. The fourth-order valence-electron chi connectivity index (χ4n) is 1.07. The molecule has 0 aromatic heterocycles. The molecule has 0 amide bonds. The molecule has 1 unspecified atom stereocenters. The molecule has 13 heavy (non-hydrogen) atoms. The molecule has 80 valence electrons. The van der Waals surface area contributed by atoms with E-state index in [2.05, 4.69) is 6.92 Å². The molecule has 2 heteroatoms. The van der Waals surface area contributed by atoms with Gasteiger partial charge >= 0.3 is 0 Å². The molecule has 0 aliphatic rings. The Hall–Kier alpha value is -0.530. The predicted octanol–water partition coefficient (Wildman–Crippen LogP) is 3.54. The Kier molecular flexibility index (Phi) is 16.1. The van der Waals surface area contributed by atoms with Crippen molar-refractivity contribution in [3.05, 3.63) is 0 Å².